The number of nitrogens with one attached hydrogen (secondary N) is 1. The maximum Gasteiger partial charge on any atom is 0.356 e. The predicted molar refractivity (Wildman–Crippen MR) is 254 cm³/mol. The Morgan fingerprint density at radius 1 is 0.708 bits per heavy atom. The molecule has 8 aromatic rings. The number of aromatic nitrogens is 8. The van der Waals surface area contributed by atoms with Crippen LogP contribution in [0.3, 0.4) is 0 Å². The number of amides is 1. The first-order chi connectivity index (χ1) is 31.4. The van der Waals surface area contributed by atoms with Gasteiger partial charge in [-0.1, -0.05) is 35.3 Å². The summed E-state index contributed by atoms with van der Waals surface area (Å²) >= 11 is 12.0. The van der Waals surface area contributed by atoms with Gasteiger partial charge >= 0.3 is 5.97 Å². The first kappa shape index (κ1) is 47.1. The molecule has 0 unspecified atom stereocenters. The van der Waals surface area contributed by atoms with Crippen LogP contribution in [0.15, 0.2) is 85.5 Å². The molecule has 0 aliphatic carbocycles. The van der Waals surface area contributed by atoms with Crippen molar-refractivity contribution in [1.29, 1.82) is 0 Å². The molecule has 6 heterocycles. The Balaban J connectivity index is 0.000000200. The average Bonchev–Trinajstić information content (AvgIpc) is 3.81. The highest BCUT2D eigenvalue weighted by atomic mass is 35.5. The van der Waals surface area contributed by atoms with E-state index in [4.69, 9.17) is 58.3 Å². The van der Waals surface area contributed by atoms with Crippen LogP contribution < -0.4 is 34.0 Å². The van der Waals surface area contributed by atoms with E-state index in [0.29, 0.717) is 47.9 Å². The second-order valence-electron chi connectivity index (χ2n) is 14.6. The fraction of sp³-hybridized carbons (Fsp3) is 0.200. The van der Waals surface area contributed by atoms with Crippen molar-refractivity contribution in [2.45, 2.75) is 53.9 Å². The number of halogens is 3. The van der Waals surface area contributed by atoms with Gasteiger partial charge in [0.05, 0.1) is 42.7 Å². The van der Waals surface area contributed by atoms with Gasteiger partial charge in [0, 0.05) is 60.0 Å². The molecule has 0 saturated heterocycles. The normalized spacial score (nSPS) is 10.8. The van der Waals surface area contributed by atoms with E-state index in [1.165, 1.54) is 6.20 Å². The van der Waals surface area contributed by atoms with Crippen molar-refractivity contribution < 1.29 is 20.5 Å². The number of hydrogen-bond donors (Lipinski definition) is 7. The van der Waals surface area contributed by atoms with Crippen molar-refractivity contribution >= 4 is 80.4 Å². The number of nitrogens with zero attached hydrogens (tertiary/aromatic N) is 8. The molecule has 6 aromatic heterocycles. The van der Waals surface area contributed by atoms with Crippen LogP contribution in [0.4, 0.5) is 27.9 Å². The van der Waals surface area contributed by atoms with E-state index in [-0.39, 0.29) is 29.2 Å². The van der Waals surface area contributed by atoms with Crippen LogP contribution in [-0.2, 0) is 26.2 Å². The molecule has 0 radical (unpaired) electrons. The summed E-state index contributed by atoms with van der Waals surface area (Å²) in [6, 6.07) is 18.9. The van der Waals surface area contributed by atoms with Gasteiger partial charge in [0.2, 0.25) is 11.9 Å². The maximum absolute atomic E-state index is 12.6. The molecule has 8 rings (SSSR count). The van der Waals surface area contributed by atoms with Crippen LogP contribution in [-0.4, -0.2) is 63.2 Å². The lowest BCUT2D eigenvalue weighted by Crippen LogP contribution is -2.24. The van der Waals surface area contributed by atoms with E-state index in [1.54, 1.807) is 33.8 Å². The van der Waals surface area contributed by atoms with Gasteiger partial charge in [-0.3, -0.25) is 19.2 Å². The summed E-state index contributed by atoms with van der Waals surface area (Å²) < 4.78 is 18.8. The van der Waals surface area contributed by atoms with Crippen molar-refractivity contribution in [3.8, 4) is 0 Å². The number of alkyl halides is 1. The molecular weight excluding hydrogens is 874 g/mol. The number of aryl methyl sites for hydroxylation is 4. The van der Waals surface area contributed by atoms with Gasteiger partial charge in [-0.2, -0.15) is 0 Å². The molecule has 1 amide bonds. The number of imidazole rings is 2. The second-order valence-corrected chi connectivity index (χ2v) is 15.5. The molecular formula is C45H49Cl2FN14O3. The van der Waals surface area contributed by atoms with Crippen LogP contribution in [0.25, 0.3) is 21.8 Å². The lowest BCUT2D eigenvalue weighted by molar-refractivity contribution is 0.0690. The number of hydrogen-bond acceptors (Lipinski definition) is 13. The number of aromatic carboxylic acids is 1. The minimum Gasteiger partial charge on any atom is -0.476 e. The average molecular weight is 925 g/mol. The zero-order valence-electron chi connectivity index (χ0n) is 37.0. The standard InChI is InChI=1S/C22H22ClN7O.C14H11ClN4O2.C8H13N3.CH3F/c1-12-5-20(24)28-13(2)17(12)9-27-21(31)19-11-30(22(25)29-19)10-14-3-4-18-15(6-14)7-16(23)8-26-18;15-10-4-9-3-8(1-2-11(9)17-5-10)6-19-7-12(13(20)21)18-14(19)16;1-5-3-8(10)11-6(2)7(5)4-9;1-2/h3-8,11H,9-10H2,1-2H3,(H2,24,28)(H2,25,29)(H,27,31);1-5,7H,6H2,(H2,16,18)(H,20,21);3H,4,9H2,1-2H3,(H2,10,11);1H3/i;;;1D. The van der Waals surface area contributed by atoms with E-state index in [0.717, 1.165) is 66.6 Å². The Morgan fingerprint density at radius 2 is 1.15 bits per heavy atom. The zero-order chi connectivity index (χ0) is 48.2. The number of nitrogen functional groups attached to an aromatic ring is 4. The molecule has 0 aliphatic heterocycles. The zero-order valence-corrected chi connectivity index (χ0v) is 37.5. The Kier molecular flexibility index (Phi) is 15.8. The largest absolute Gasteiger partial charge is 0.476 e. The SMILES string of the molecule is Cc1cc(N)nc(C)c1CN.Cc1cc(N)nc(C)c1CNC(=O)c1cn(Cc2ccc3ncc(Cl)cc3c2)c(N)n1.Nc1nc(C(=O)O)cn1Cc1ccc2ncc(Cl)cc2c1.[2H]CF. The Morgan fingerprint density at radius 3 is 1.58 bits per heavy atom. The number of benzene rings is 2. The third-order valence-electron chi connectivity index (χ3n) is 9.97. The van der Waals surface area contributed by atoms with Crippen molar-refractivity contribution in [2.24, 2.45) is 5.73 Å². The van der Waals surface area contributed by atoms with E-state index in [2.05, 4.69) is 35.2 Å². The summed E-state index contributed by atoms with van der Waals surface area (Å²) in [5.41, 5.74) is 38.2. The van der Waals surface area contributed by atoms with Crippen molar-refractivity contribution in [1.82, 2.24) is 44.4 Å². The number of anilines is 4. The molecule has 0 spiro atoms. The molecule has 0 aliphatic rings. The van der Waals surface area contributed by atoms with Crippen molar-refractivity contribution in [3.63, 3.8) is 0 Å². The second kappa shape index (κ2) is 21.8. The molecule has 20 heteroatoms. The summed E-state index contributed by atoms with van der Waals surface area (Å²) in [6.07, 6.45) is 6.27. The molecule has 338 valence electrons. The summed E-state index contributed by atoms with van der Waals surface area (Å²) in [5, 5.41) is 14.8. The van der Waals surface area contributed by atoms with Crippen LogP contribution >= 0.6 is 23.2 Å². The minimum atomic E-state index is -1.10. The smallest absolute Gasteiger partial charge is 0.356 e. The van der Waals surface area contributed by atoms with Crippen molar-refractivity contribution in [3.05, 3.63) is 152 Å². The third kappa shape index (κ3) is 12.6. The van der Waals surface area contributed by atoms with Crippen LogP contribution in [0.1, 0.15) is 67.1 Å². The van der Waals surface area contributed by atoms with Gasteiger partial charge in [0.15, 0.2) is 5.69 Å². The highest BCUT2D eigenvalue weighted by molar-refractivity contribution is 6.31. The molecule has 2 aromatic carbocycles. The number of nitrogens with two attached hydrogens (primary N) is 5. The fourth-order valence-corrected chi connectivity index (χ4v) is 7.17. The highest BCUT2D eigenvalue weighted by Gasteiger charge is 2.15. The molecule has 65 heavy (non-hydrogen) atoms. The van der Waals surface area contributed by atoms with Crippen LogP contribution in [0.5, 0.6) is 0 Å². The lowest BCUT2D eigenvalue weighted by atomic mass is 10.1. The Labute approximate surface area is 385 Å². The monoisotopic (exact) mass is 923 g/mol. The molecule has 0 bridgehead atoms. The molecule has 12 N–H and O–H groups in total. The first-order valence-electron chi connectivity index (χ1n) is 20.4. The minimum absolute atomic E-state index is 0.0713. The fourth-order valence-electron chi connectivity index (χ4n) is 6.84. The van der Waals surface area contributed by atoms with Gasteiger partial charge in [0.1, 0.15) is 17.3 Å². The van der Waals surface area contributed by atoms with Gasteiger partial charge in [-0.25, -0.2) is 24.7 Å². The Bertz CT molecular complexity index is 2970. The number of carboxylic acids is 1. The number of pyridine rings is 4. The maximum atomic E-state index is 12.6. The molecule has 0 atom stereocenters. The van der Waals surface area contributed by atoms with E-state index in [1.807, 2.05) is 82.3 Å². The summed E-state index contributed by atoms with van der Waals surface area (Å²) in [7, 11) is -1.00. The van der Waals surface area contributed by atoms with Gasteiger partial charge < -0.3 is 48.2 Å². The quantitative estimate of drug-likeness (QED) is 0.0769. The number of carbonyl (C=O) groups is 2. The molecule has 0 fully saturated rings. The number of fused-ring (bicyclic) bond motifs is 2. The summed E-state index contributed by atoms with van der Waals surface area (Å²) in [4.78, 5) is 48.4. The van der Waals surface area contributed by atoms with E-state index in [9.17, 15) is 14.0 Å². The molecule has 0 saturated carbocycles. The van der Waals surface area contributed by atoms with E-state index < -0.39 is 13.1 Å². The first-order valence-corrected chi connectivity index (χ1v) is 20.4. The topological polar surface area (TPSA) is 284 Å². The van der Waals surface area contributed by atoms with Crippen molar-refractivity contribution in [2.75, 3.05) is 30.1 Å². The molecule has 17 nitrogen and oxygen atoms in total. The third-order valence-corrected chi connectivity index (χ3v) is 10.4. The number of carbonyl (C=O) groups excluding carboxylic acids is 1. The van der Waals surface area contributed by atoms with Crippen LogP contribution in [0.2, 0.25) is 10.0 Å². The highest BCUT2D eigenvalue weighted by Crippen LogP contribution is 2.22. The van der Waals surface area contributed by atoms with Gasteiger partial charge in [-0.15, -0.1) is 0 Å². The number of carboxylic acid groups (broad SMARTS) is 1. The summed E-state index contributed by atoms with van der Waals surface area (Å²) in [5.74, 6) is 0.0405. The van der Waals surface area contributed by atoms with E-state index >= 15 is 0 Å². The number of rotatable bonds is 9. The van der Waals surface area contributed by atoms with Gasteiger partial charge in [-0.05, 0) is 110 Å². The summed E-state index contributed by atoms with van der Waals surface area (Å²) in [6.45, 7) is 9.47. The Hall–Kier alpha value is -7.41. The van der Waals surface area contributed by atoms with Gasteiger partial charge in [0.25, 0.3) is 5.91 Å². The predicted octanol–water partition coefficient (Wildman–Crippen LogP) is 6.98. The lowest BCUT2D eigenvalue weighted by Gasteiger charge is -2.10. The van der Waals surface area contributed by atoms with Crippen LogP contribution in [0, 0.1) is 27.7 Å².